The molecule has 0 aromatic heterocycles. The number of ether oxygens (including phenoxy) is 2. The van der Waals surface area contributed by atoms with Crippen molar-refractivity contribution in [2.45, 2.75) is 16.4 Å². The molecule has 0 N–H and O–H groups in total. The van der Waals surface area contributed by atoms with E-state index in [2.05, 4.69) is 0 Å². The second kappa shape index (κ2) is 7.40. The predicted molar refractivity (Wildman–Crippen MR) is 95.7 cm³/mol. The van der Waals surface area contributed by atoms with Gasteiger partial charge in [-0.2, -0.15) is 0 Å². The Labute approximate surface area is 147 Å². The summed E-state index contributed by atoms with van der Waals surface area (Å²) in [7, 11) is -1.91. The SMILES string of the molecule is COc1ccccc1OCc1ccc(S(=O)(=O)c2ccccc2)cc1. The summed E-state index contributed by atoms with van der Waals surface area (Å²) in [4.78, 5) is 0.549. The highest BCUT2D eigenvalue weighted by molar-refractivity contribution is 7.91. The minimum Gasteiger partial charge on any atom is -0.493 e. The van der Waals surface area contributed by atoms with Crippen molar-refractivity contribution in [1.82, 2.24) is 0 Å². The quantitative estimate of drug-likeness (QED) is 0.668. The summed E-state index contributed by atoms with van der Waals surface area (Å²) in [5.41, 5.74) is 0.873. The number of rotatable bonds is 6. The second-order valence-corrected chi connectivity index (χ2v) is 7.35. The third-order valence-corrected chi connectivity index (χ3v) is 5.54. The van der Waals surface area contributed by atoms with E-state index in [1.807, 2.05) is 24.3 Å². The van der Waals surface area contributed by atoms with Crippen LogP contribution in [-0.2, 0) is 16.4 Å². The van der Waals surface area contributed by atoms with Crippen molar-refractivity contribution in [2.75, 3.05) is 7.11 Å². The van der Waals surface area contributed by atoms with Crippen molar-refractivity contribution < 1.29 is 17.9 Å². The zero-order valence-electron chi connectivity index (χ0n) is 13.8. The van der Waals surface area contributed by atoms with E-state index in [0.29, 0.717) is 18.1 Å². The van der Waals surface area contributed by atoms with Gasteiger partial charge in [0.05, 0.1) is 16.9 Å². The maximum absolute atomic E-state index is 12.6. The third-order valence-electron chi connectivity index (χ3n) is 3.75. The maximum atomic E-state index is 12.6. The first-order valence-electron chi connectivity index (χ1n) is 7.76. The Hall–Kier alpha value is -2.79. The van der Waals surface area contributed by atoms with Crippen LogP contribution in [0.15, 0.2) is 88.7 Å². The average Bonchev–Trinajstić information content (AvgIpc) is 2.67. The Kier molecular flexibility index (Phi) is 5.05. The molecule has 4 nitrogen and oxygen atoms in total. The molecule has 0 fully saturated rings. The molecule has 3 aromatic rings. The molecular weight excluding hydrogens is 336 g/mol. The third kappa shape index (κ3) is 3.83. The minimum absolute atomic E-state index is 0.264. The smallest absolute Gasteiger partial charge is 0.206 e. The predicted octanol–water partition coefficient (Wildman–Crippen LogP) is 4.11. The van der Waals surface area contributed by atoms with E-state index in [9.17, 15) is 8.42 Å². The first-order valence-corrected chi connectivity index (χ1v) is 9.24. The van der Waals surface area contributed by atoms with Crippen molar-refractivity contribution in [3.8, 4) is 11.5 Å². The number of hydrogen-bond donors (Lipinski definition) is 0. The first-order chi connectivity index (χ1) is 12.1. The van der Waals surface area contributed by atoms with Gasteiger partial charge in [-0.25, -0.2) is 8.42 Å². The molecular formula is C20H18O4S. The van der Waals surface area contributed by atoms with Crippen molar-refractivity contribution in [3.63, 3.8) is 0 Å². The summed E-state index contributed by atoms with van der Waals surface area (Å²) in [5, 5.41) is 0. The van der Waals surface area contributed by atoms with Crippen molar-refractivity contribution >= 4 is 9.84 Å². The highest BCUT2D eigenvalue weighted by Gasteiger charge is 2.16. The van der Waals surface area contributed by atoms with Gasteiger partial charge in [-0.05, 0) is 42.0 Å². The van der Waals surface area contributed by atoms with E-state index < -0.39 is 9.84 Å². The van der Waals surface area contributed by atoms with Crippen LogP contribution in [0.2, 0.25) is 0 Å². The lowest BCUT2D eigenvalue weighted by Gasteiger charge is -2.11. The van der Waals surface area contributed by atoms with Gasteiger partial charge in [0, 0.05) is 0 Å². The van der Waals surface area contributed by atoms with Crippen LogP contribution >= 0.6 is 0 Å². The van der Waals surface area contributed by atoms with E-state index in [0.717, 1.165) is 5.56 Å². The fourth-order valence-electron chi connectivity index (χ4n) is 2.40. The lowest BCUT2D eigenvalue weighted by atomic mass is 10.2. The van der Waals surface area contributed by atoms with Crippen LogP contribution in [0.4, 0.5) is 0 Å². The van der Waals surface area contributed by atoms with Gasteiger partial charge in [0.25, 0.3) is 0 Å². The lowest BCUT2D eigenvalue weighted by molar-refractivity contribution is 0.284. The zero-order chi connectivity index (χ0) is 17.7. The molecule has 0 radical (unpaired) electrons. The van der Waals surface area contributed by atoms with Crippen LogP contribution in [0.5, 0.6) is 11.5 Å². The molecule has 5 heteroatoms. The van der Waals surface area contributed by atoms with Gasteiger partial charge in [0.2, 0.25) is 9.84 Å². The van der Waals surface area contributed by atoms with Crippen LogP contribution in [0, 0.1) is 0 Å². The van der Waals surface area contributed by atoms with E-state index in [-0.39, 0.29) is 9.79 Å². The number of benzene rings is 3. The van der Waals surface area contributed by atoms with Gasteiger partial charge in [0.15, 0.2) is 11.5 Å². The van der Waals surface area contributed by atoms with Crippen LogP contribution in [-0.4, -0.2) is 15.5 Å². The number of sulfone groups is 1. The molecule has 0 aliphatic heterocycles. The Bertz CT molecular complexity index is 933. The fourth-order valence-corrected chi connectivity index (χ4v) is 3.68. The summed E-state index contributed by atoms with van der Waals surface area (Å²) >= 11 is 0. The van der Waals surface area contributed by atoms with Crippen molar-refractivity contribution in [1.29, 1.82) is 0 Å². The Morgan fingerprint density at radius 3 is 1.92 bits per heavy atom. The fraction of sp³-hybridized carbons (Fsp3) is 0.100. The molecule has 25 heavy (non-hydrogen) atoms. The molecule has 0 atom stereocenters. The molecule has 3 aromatic carbocycles. The van der Waals surface area contributed by atoms with E-state index in [1.54, 1.807) is 61.7 Å². The summed E-state index contributed by atoms with van der Waals surface area (Å²) in [5.74, 6) is 1.30. The molecule has 0 aliphatic rings. The Morgan fingerprint density at radius 2 is 1.28 bits per heavy atom. The van der Waals surface area contributed by atoms with E-state index in [1.165, 1.54) is 0 Å². The first kappa shape index (κ1) is 17.0. The minimum atomic E-state index is -3.49. The Balaban J connectivity index is 1.75. The highest BCUT2D eigenvalue weighted by atomic mass is 32.2. The molecule has 0 aliphatic carbocycles. The van der Waals surface area contributed by atoms with Crippen LogP contribution < -0.4 is 9.47 Å². The van der Waals surface area contributed by atoms with E-state index in [4.69, 9.17) is 9.47 Å². The van der Waals surface area contributed by atoms with Crippen molar-refractivity contribution in [2.24, 2.45) is 0 Å². The molecule has 0 spiro atoms. The summed E-state index contributed by atoms with van der Waals surface area (Å²) < 4.78 is 36.1. The Morgan fingerprint density at radius 1 is 0.720 bits per heavy atom. The normalized spacial score (nSPS) is 11.1. The van der Waals surface area contributed by atoms with Gasteiger partial charge in [-0.3, -0.25) is 0 Å². The van der Waals surface area contributed by atoms with Gasteiger partial charge in [-0.1, -0.05) is 42.5 Å². The lowest BCUT2D eigenvalue weighted by Crippen LogP contribution is -2.02. The molecule has 128 valence electrons. The molecule has 0 unspecified atom stereocenters. The zero-order valence-corrected chi connectivity index (χ0v) is 14.6. The molecule has 0 amide bonds. The molecule has 0 saturated carbocycles. The van der Waals surface area contributed by atoms with Gasteiger partial charge >= 0.3 is 0 Å². The van der Waals surface area contributed by atoms with Gasteiger partial charge < -0.3 is 9.47 Å². The second-order valence-electron chi connectivity index (χ2n) is 5.40. The number of para-hydroxylation sites is 2. The van der Waals surface area contributed by atoms with Crippen LogP contribution in [0.1, 0.15) is 5.56 Å². The van der Waals surface area contributed by atoms with Gasteiger partial charge in [0.1, 0.15) is 6.61 Å². The monoisotopic (exact) mass is 354 g/mol. The molecule has 3 rings (SSSR count). The molecule has 0 saturated heterocycles. The number of methoxy groups -OCH3 is 1. The highest BCUT2D eigenvalue weighted by Crippen LogP contribution is 2.27. The summed E-state index contributed by atoms with van der Waals surface area (Å²) in [6.07, 6.45) is 0. The van der Waals surface area contributed by atoms with Crippen LogP contribution in [0.3, 0.4) is 0 Å². The standard InChI is InChI=1S/C20H18O4S/c1-23-19-9-5-6-10-20(19)24-15-16-11-13-18(14-12-16)25(21,22)17-7-3-2-4-8-17/h2-14H,15H2,1H3. The summed E-state index contributed by atoms with van der Waals surface area (Å²) in [6.45, 7) is 0.325. The largest absolute Gasteiger partial charge is 0.493 e. The number of hydrogen-bond acceptors (Lipinski definition) is 4. The average molecular weight is 354 g/mol. The van der Waals surface area contributed by atoms with Gasteiger partial charge in [-0.15, -0.1) is 0 Å². The van der Waals surface area contributed by atoms with Crippen molar-refractivity contribution in [3.05, 3.63) is 84.4 Å². The topological polar surface area (TPSA) is 52.6 Å². The summed E-state index contributed by atoms with van der Waals surface area (Å²) in [6, 6.07) is 22.5. The molecule has 0 bridgehead atoms. The maximum Gasteiger partial charge on any atom is 0.206 e. The van der Waals surface area contributed by atoms with Crippen LogP contribution in [0.25, 0.3) is 0 Å². The van der Waals surface area contributed by atoms with E-state index >= 15 is 0 Å². The molecule has 0 heterocycles.